The molecule has 4 heterocycles. The van der Waals surface area contributed by atoms with Crippen molar-refractivity contribution < 1.29 is 30.3 Å². The van der Waals surface area contributed by atoms with E-state index in [1.165, 1.54) is 11.3 Å². The minimum absolute atomic E-state index is 0. The molecule has 1 radical (unpaired) electrons. The Labute approximate surface area is 250 Å². The zero-order valence-electron chi connectivity index (χ0n) is 24.0. The van der Waals surface area contributed by atoms with Crippen LogP contribution in [0.1, 0.15) is 26.7 Å². The van der Waals surface area contributed by atoms with Crippen molar-refractivity contribution in [1.82, 2.24) is 15.0 Å². The summed E-state index contributed by atoms with van der Waals surface area (Å²) in [7, 11) is -1.23. The fourth-order valence-electron chi connectivity index (χ4n) is 4.22. The van der Waals surface area contributed by atoms with Crippen LogP contribution in [-0.4, -0.2) is 23.0 Å². The van der Waals surface area contributed by atoms with Crippen molar-refractivity contribution in [3.05, 3.63) is 109 Å². The van der Waals surface area contributed by atoms with Crippen molar-refractivity contribution in [1.29, 1.82) is 0 Å². The standard InChI is InChI=1S/C19H14FN2O.C14H16NSi.Ir/c1-11(2)12-8-9-21-16(10-12)15-5-3-4-13-14-6-7-17(20)22-19(14)23-18(13)15;1-16(2,3)13-9-10-14(15-11-13)12-7-5-4-6-8-12;/h3-4,6-11H,1-2H3;4-7,9-11H,1-3H3;/q2*-1;/i11D;;. The Morgan fingerprint density at radius 1 is 0.900 bits per heavy atom. The van der Waals surface area contributed by atoms with Gasteiger partial charge in [-0.05, 0) is 40.7 Å². The molecule has 4 aromatic heterocycles. The Balaban J connectivity index is 0.000000200. The first-order valence-electron chi connectivity index (χ1n) is 13.3. The maximum atomic E-state index is 13.4. The van der Waals surface area contributed by atoms with E-state index in [0.717, 1.165) is 27.6 Å². The molecule has 0 amide bonds. The van der Waals surface area contributed by atoms with Crippen molar-refractivity contribution >= 4 is 35.3 Å². The van der Waals surface area contributed by atoms with Crippen LogP contribution in [0, 0.1) is 18.1 Å². The summed E-state index contributed by atoms with van der Waals surface area (Å²) in [5.74, 6) is -1.31. The molecule has 0 unspecified atom stereocenters. The van der Waals surface area contributed by atoms with E-state index in [0.29, 0.717) is 16.8 Å². The molecule has 6 aromatic rings. The summed E-state index contributed by atoms with van der Waals surface area (Å²) < 4.78 is 27.3. The second kappa shape index (κ2) is 12.3. The SMILES string of the molecule is C[Si](C)(C)c1ccc(-c2[c-]cccc2)nc1.[2H]C(C)(C)c1ccnc(-c2[c-]ccc3c2oc2nc(F)ccc23)c1.[Ir]. The minimum atomic E-state index is -1.23. The van der Waals surface area contributed by atoms with Gasteiger partial charge >= 0.3 is 0 Å². The summed E-state index contributed by atoms with van der Waals surface area (Å²) in [6.07, 6.45) is 3.69. The second-order valence-electron chi connectivity index (χ2n) is 10.6. The quantitative estimate of drug-likeness (QED) is 0.105. The maximum absolute atomic E-state index is 13.4. The van der Waals surface area contributed by atoms with Crippen LogP contribution in [0.25, 0.3) is 44.6 Å². The van der Waals surface area contributed by atoms with Gasteiger partial charge in [-0.15, -0.1) is 54.1 Å². The molecule has 0 aliphatic rings. The fourth-order valence-corrected chi connectivity index (χ4v) is 5.25. The topological polar surface area (TPSA) is 51.8 Å². The van der Waals surface area contributed by atoms with E-state index in [1.54, 1.807) is 18.3 Å². The third kappa shape index (κ3) is 6.44. The summed E-state index contributed by atoms with van der Waals surface area (Å²) >= 11 is 0. The average Bonchev–Trinajstić information content (AvgIpc) is 3.31. The number of nitrogens with zero attached hydrogens (tertiary/aromatic N) is 3. The van der Waals surface area contributed by atoms with Gasteiger partial charge in [0.15, 0.2) is 0 Å². The normalized spacial score (nSPS) is 11.9. The molecule has 0 aliphatic carbocycles. The van der Waals surface area contributed by atoms with Crippen LogP contribution < -0.4 is 5.19 Å². The number of fused-ring (bicyclic) bond motifs is 3. The van der Waals surface area contributed by atoms with Crippen molar-refractivity contribution in [2.45, 2.75) is 39.4 Å². The van der Waals surface area contributed by atoms with Crippen molar-refractivity contribution in [2.75, 3.05) is 0 Å². The van der Waals surface area contributed by atoms with Crippen molar-refractivity contribution in [3.63, 3.8) is 0 Å². The number of rotatable bonds is 4. The van der Waals surface area contributed by atoms with Gasteiger partial charge in [-0.3, -0.25) is 0 Å². The number of furan rings is 1. The molecule has 2 aromatic carbocycles. The number of halogens is 1. The summed E-state index contributed by atoms with van der Waals surface area (Å²) in [5, 5.41) is 2.98. The average molecular weight is 725 g/mol. The van der Waals surface area contributed by atoms with E-state index in [-0.39, 0.29) is 25.8 Å². The predicted molar refractivity (Wildman–Crippen MR) is 159 cm³/mol. The van der Waals surface area contributed by atoms with Gasteiger partial charge in [0, 0.05) is 39.3 Å². The van der Waals surface area contributed by atoms with Crippen LogP contribution in [0.5, 0.6) is 0 Å². The van der Waals surface area contributed by atoms with E-state index < -0.39 is 19.9 Å². The summed E-state index contributed by atoms with van der Waals surface area (Å²) in [5.41, 5.74) is 5.07. The number of aromatic nitrogens is 3. The zero-order valence-corrected chi connectivity index (χ0v) is 26.4. The molecular weight excluding hydrogens is 694 g/mol. The molecule has 0 bridgehead atoms. The summed E-state index contributed by atoms with van der Waals surface area (Å²) in [6.45, 7) is 10.6. The third-order valence-corrected chi connectivity index (χ3v) is 8.50. The van der Waals surface area contributed by atoms with Crippen LogP contribution in [-0.2, 0) is 20.1 Å². The zero-order chi connectivity index (χ0) is 28.5. The molecule has 0 N–H and O–H groups in total. The number of benzene rings is 2. The van der Waals surface area contributed by atoms with Crippen LogP contribution in [0.3, 0.4) is 0 Å². The summed E-state index contributed by atoms with van der Waals surface area (Å²) in [6, 6.07) is 28.9. The molecule has 6 rings (SSSR count). The van der Waals surface area contributed by atoms with Crippen LogP contribution >= 0.6 is 0 Å². The first-order valence-corrected chi connectivity index (χ1v) is 16.3. The Bertz CT molecular complexity index is 1780. The molecule has 0 atom stereocenters. The Morgan fingerprint density at radius 2 is 1.73 bits per heavy atom. The molecule has 0 aliphatic heterocycles. The van der Waals surface area contributed by atoms with Crippen LogP contribution in [0.4, 0.5) is 4.39 Å². The van der Waals surface area contributed by atoms with Crippen molar-refractivity contribution in [3.8, 4) is 22.5 Å². The smallest absolute Gasteiger partial charge is 0.218 e. The Hall–Kier alpha value is -3.51. The molecule has 7 heteroatoms. The second-order valence-corrected chi connectivity index (χ2v) is 15.6. The third-order valence-electron chi connectivity index (χ3n) is 6.47. The summed E-state index contributed by atoms with van der Waals surface area (Å²) in [4.78, 5) is 12.7. The molecule has 0 spiro atoms. The molecular formula is C33H30FIrN3OSi-2. The fraction of sp³-hybridized carbons (Fsp3) is 0.182. The number of hydrogen-bond acceptors (Lipinski definition) is 4. The van der Waals surface area contributed by atoms with Gasteiger partial charge in [-0.1, -0.05) is 68.2 Å². The van der Waals surface area contributed by atoms with Gasteiger partial charge in [0.2, 0.25) is 11.7 Å². The first kappa shape index (κ1) is 28.0. The minimum Gasteiger partial charge on any atom is -0.486 e. The molecule has 0 fully saturated rings. The van der Waals surface area contributed by atoms with Gasteiger partial charge < -0.3 is 14.4 Å². The van der Waals surface area contributed by atoms with E-state index in [9.17, 15) is 4.39 Å². The van der Waals surface area contributed by atoms with Gasteiger partial charge in [0.25, 0.3) is 0 Å². The van der Waals surface area contributed by atoms with E-state index in [4.69, 9.17) is 5.79 Å². The Morgan fingerprint density at radius 3 is 2.40 bits per heavy atom. The largest absolute Gasteiger partial charge is 0.486 e. The van der Waals surface area contributed by atoms with E-state index in [2.05, 4.69) is 58.9 Å². The monoisotopic (exact) mass is 725 g/mol. The van der Waals surface area contributed by atoms with Gasteiger partial charge in [-0.25, -0.2) is 0 Å². The van der Waals surface area contributed by atoms with Crippen molar-refractivity contribution in [2.24, 2.45) is 0 Å². The molecule has 40 heavy (non-hydrogen) atoms. The van der Waals surface area contributed by atoms with Crippen LogP contribution in [0.15, 0.2) is 89.6 Å². The molecule has 0 saturated heterocycles. The van der Waals surface area contributed by atoms with Gasteiger partial charge in [0.1, 0.15) is 0 Å². The van der Waals surface area contributed by atoms with E-state index in [1.807, 2.05) is 62.5 Å². The molecule has 205 valence electrons. The Kier molecular flexibility index (Phi) is 8.65. The first-order chi connectivity index (χ1) is 19.0. The molecule has 0 saturated carbocycles. The van der Waals surface area contributed by atoms with E-state index >= 15 is 0 Å². The number of pyridine rings is 3. The maximum Gasteiger partial charge on any atom is 0.218 e. The van der Waals surface area contributed by atoms with Crippen LogP contribution in [0.2, 0.25) is 19.6 Å². The van der Waals surface area contributed by atoms with Gasteiger partial charge in [0.05, 0.1) is 13.7 Å². The number of hydrogen-bond donors (Lipinski definition) is 0. The van der Waals surface area contributed by atoms with Gasteiger partial charge in [-0.2, -0.15) is 9.37 Å². The molecule has 4 nitrogen and oxygen atoms in total. The predicted octanol–water partition coefficient (Wildman–Crippen LogP) is 8.20.